The Morgan fingerprint density at radius 1 is 0.828 bits per heavy atom. The van der Waals surface area contributed by atoms with E-state index in [2.05, 4.69) is 52.0 Å². The summed E-state index contributed by atoms with van der Waals surface area (Å²) < 4.78 is 2.10. The summed E-state index contributed by atoms with van der Waals surface area (Å²) in [4.78, 5) is 0. The van der Waals surface area contributed by atoms with Gasteiger partial charge in [0.1, 0.15) is 0 Å². The quantitative estimate of drug-likeness (QED) is 0.300. The third kappa shape index (κ3) is 4.67. The van der Waals surface area contributed by atoms with Crippen LogP contribution in [-0.2, 0) is 12.2 Å². The molecule has 0 fully saturated rings. The van der Waals surface area contributed by atoms with Gasteiger partial charge in [0, 0.05) is 27.0 Å². The Labute approximate surface area is 184 Å². The summed E-state index contributed by atoms with van der Waals surface area (Å²) in [6.07, 6.45) is 1.00. The van der Waals surface area contributed by atoms with Crippen molar-refractivity contribution in [2.45, 2.75) is 24.3 Å². The van der Waals surface area contributed by atoms with Gasteiger partial charge in [0.2, 0.25) is 0 Å². The van der Waals surface area contributed by atoms with Gasteiger partial charge < -0.3 is 0 Å². The van der Waals surface area contributed by atoms with Gasteiger partial charge in [-0.15, -0.1) is 10.2 Å². The molecule has 0 spiro atoms. The topological polar surface area (TPSA) is 30.7 Å². The highest BCUT2D eigenvalue weighted by Gasteiger charge is 2.16. The zero-order valence-corrected chi connectivity index (χ0v) is 18.2. The molecule has 146 valence electrons. The maximum absolute atomic E-state index is 6.13. The first-order valence-electron chi connectivity index (χ1n) is 9.32. The van der Waals surface area contributed by atoms with E-state index in [1.165, 1.54) is 5.56 Å². The monoisotopic (exact) mass is 439 g/mol. The predicted octanol–water partition coefficient (Wildman–Crippen LogP) is 7.10. The molecule has 1 aromatic heterocycles. The second-order valence-electron chi connectivity index (χ2n) is 6.59. The molecule has 6 heteroatoms. The first-order valence-corrected chi connectivity index (χ1v) is 11.1. The molecule has 0 saturated carbocycles. The van der Waals surface area contributed by atoms with Gasteiger partial charge in [0.15, 0.2) is 11.0 Å². The number of hydrogen-bond acceptors (Lipinski definition) is 3. The standard InChI is InChI=1S/C23H19Cl2N3S/c1-2-16-6-12-21(13-7-16)28-22(18-8-10-19(24)11-9-18)26-27-23(28)29-15-17-4-3-5-20(25)14-17/h3-14H,2,15H2,1H3. The number of hydrogen-bond donors (Lipinski definition) is 0. The Hall–Kier alpha value is -2.27. The molecule has 0 aliphatic rings. The van der Waals surface area contributed by atoms with Crippen molar-refractivity contribution in [1.29, 1.82) is 0 Å². The molecule has 4 rings (SSSR count). The largest absolute Gasteiger partial charge is 0.270 e. The summed E-state index contributed by atoms with van der Waals surface area (Å²) >= 11 is 13.8. The fraction of sp³-hybridized carbons (Fsp3) is 0.130. The molecule has 29 heavy (non-hydrogen) atoms. The lowest BCUT2D eigenvalue weighted by molar-refractivity contribution is 0.885. The van der Waals surface area contributed by atoms with E-state index in [0.717, 1.165) is 45.0 Å². The molecule has 0 aliphatic heterocycles. The second-order valence-corrected chi connectivity index (χ2v) is 8.40. The third-order valence-electron chi connectivity index (χ3n) is 4.60. The van der Waals surface area contributed by atoms with Crippen molar-refractivity contribution in [2.75, 3.05) is 0 Å². The van der Waals surface area contributed by atoms with Gasteiger partial charge in [-0.25, -0.2) is 0 Å². The Bertz CT molecular complexity index is 1110. The summed E-state index contributed by atoms with van der Waals surface area (Å²) in [5.74, 6) is 1.55. The molecule has 0 aliphatic carbocycles. The van der Waals surface area contributed by atoms with Crippen LogP contribution in [0.4, 0.5) is 0 Å². The van der Waals surface area contributed by atoms with Crippen LogP contribution in [0, 0.1) is 0 Å². The predicted molar refractivity (Wildman–Crippen MR) is 122 cm³/mol. The maximum Gasteiger partial charge on any atom is 0.196 e. The van der Waals surface area contributed by atoms with E-state index in [0.29, 0.717) is 5.02 Å². The van der Waals surface area contributed by atoms with Crippen LogP contribution in [0.1, 0.15) is 18.1 Å². The van der Waals surface area contributed by atoms with Gasteiger partial charge >= 0.3 is 0 Å². The molecule has 3 nitrogen and oxygen atoms in total. The normalized spacial score (nSPS) is 11.0. The fourth-order valence-corrected chi connectivity index (χ4v) is 4.27. The van der Waals surface area contributed by atoms with Gasteiger partial charge in [0.25, 0.3) is 0 Å². The van der Waals surface area contributed by atoms with Gasteiger partial charge in [0.05, 0.1) is 0 Å². The van der Waals surface area contributed by atoms with Crippen molar-refractivity contribution in [3.8, 4) is 17.1 Å². The van der Waals surface area contributed by atoms with E-state index < -0.39 is 0 Å². The molecular formula is C23H19Cl2N3S. The van der Waals surface area contributed by atoms with Crippen LogP contribution in [0.3, 0.4) is 0 Å². The Morgan fingerprint density at radius 3 is 2.28 bits per heavy atom. The van der Waals surface area contributed by atoms with E-state index in [9.17, 15) is 0 Å². The van der Waals surface area contributed by atoms with Crippen LogP contribution in [0.2, 0.25) is 10.0 Å². The van der Waals surface area contributed by atoms with Gasteiger partial charge in [-0.3, -0.25) is 4.57 Å². The fourth-order valence-electron chi connectivity index (χ4n) is 3.04. The highest BCUT2D eigenvalue weighted by molar-refractivity contribution is 7.98. The average molecular weight is 440 g/mol. The van der Waals surface area contributed by atoms with E-state index in [1.807, 2.05) is 42.5 Å². The minimum Gasteiger partial charge on any atom is -0.270 e. The lowest BCUT2D eigenvalue weighted by Gasteiger charge is -2.11. The van der Waals surface area contributed by atoms with Crippen molar-refractivity contribution in [3.05, 3.63) is 94.0 Å². The molecule has 0 N–H and O–H groups in total. The molecule has 0 atom stereocenters. The van der Waals surface area contributed by atoms with Crippen molar-refractivity contribution in [3.63, 3.8) is 0 Å². The smallest absolute Gasteiger partial charge is 0.196 e. The Morgan fingerprint density at radius 2 is 1.59 bits per heavy atom. The zero-order valence-electron chi connectivity index (χ0n) is 15.8. The number of aromatic nitrogens is 3. The molecule has 0 unspecified atom stereocenters. The number of benzene rings is 3. The Kier molecular flexibility index (Phi) is 6.24. The van der Waals surface area contributed by atoms with Crippen molar-refractivity contribution >= 4 is 35.0 Å². The van der Waals surface area contributed by atoms with Crippen LogP contribution in [0.5, 0.6) is 0 Å². The first-order chi connectivity index (χ1) is 14.1. The lowest BCUT2D eigenvalue weighted by Crippen LogP contribution is -2.00. The molecule has 0 radical (unpaired) electrons. The molecular weight excluding hydrogens is 421 g/mol. The summed E-state index contributed by atoms with van der Waals surface area (Å²) in [5, 5.41) is 11.2. The Balaban J connectivity index is 1.73. The van der Waals surface area contributed by atoms with E-state index in [1.54, 1.807) is 11.8 Å². The lowest BCUT2D eigenvalue weighted by atomic mass is 10.1. The third-order valence-corrected chi connectivity index (χ3v) is 6.08. The second kappa shape index (κ2) is 9.04. The number of aryl methyl sites for hydroxylation is 1. The summed E-state index contributed by atoms with van der Waals surface area (Å²) in [6.45, 7) is 2.15. The van der Waals surface area contributed by atoms with Crippen LogP contribution in [0.15, 0.2) is 78.0 Å². The van der Waals surface area contributed by atoms with Crippen LogP contribution in [0.25, 0.3) is 17.1 Å². The SMILES string of the molecule is CCc1ccc(-n2c(SCc3cccc(Cl)c3)nnc2-c2ccc(Cl)cc2)cc1. The summed E-state index contributed by atoms with van der Waals surface area (Å²) in [5.41, 5.74) is 4.44. The van der Waals surface area contributed by atoms with Crippen LogP contribution >= 0.6 is 35.0 Å². The van der Waals surface area contributed by atoms with E-state index in [-0.39, 0.29) is 0 Å². The zero-order chi connectivity index (χ0) is 20.2. The molecule has 4 aromatic rings. The van der Waals surface area contributed by atoms with Gasteiger partial charge in [-0.05, 0) is 66.1 Å². The van der Waals surface area contributed by atoms with Crippen molar-refractivity contribution < 1.29 is 0 Å². The molecule has 3 aromatic carbocycles. The number of rotatable bonds is 6. The van der Waals surface area contributed by atoms with Crippen LogP contribution in [-0.4, -0.2) is 14.8 Å². The van der Waals surface area contributed by atoms with E-state index in [4.69, 9.17) is 23.2 Å². The van der Waals surface area contributed by atoms with Crippen molar-refractivity contribution in [2.24, 2.45) is 0 Å². The average Bonchev–Trinajstić information content (AvgIpc) is 3.17. The summed E-state index contributed by atoms with van der Waals surface area (Å²) in [7, 11) is 0. The number of halogens is 2. The molecule has 0 amide bonds. The minimum atomic E-state index is 0.697. The minimum absolute atomic E-state index is 0.697. The summed E-state index contributed by atoms with van der Waals surface area (Å²) in [6, 6.07) is 24.1. The number of thioether (sulfide) groups is 1. The maximum atomic E-state index is 6.13. The molecule has 1 heterocycles. The van der Waals surface area contributed by atoms with E-state index >= 15 is 0 Å². The van der Waals surface area contributed by atoms with Gasteiger partial charge in [-0.2, -0.15) is 0 Å². The first kappa shape index (κ1) is 20.0. The molecule has 0 saturated heterocycles. The highest BCUT2D eigenvalue weighted by Crippen LogP contribution is 2.31. The van der Waals surface area contributed by atoms with Gasteiger partial charge in [-0.1, -0.05) is 66.2 Å². The van der Waals surface area contributed by atoms with Crippen molar-refractivity contribution in [1.82, 2.24) is 14.8 Å². The highest BCUT2D eigenvalue weighted by atomic mass is 35.5. The molecule has 0 bridgehead atoms. The van der Waals surface area contributed by atoms with Crippen LogP contribution < -0.4 is 0 Å². The number of nitrogens with zero attached hydrogens (tertiary/aromatic N) is 3.